The monoisotopic (exact) mass is 403 g/mol. The summed E-state index contributed by atoms with van der Waals surface area (Å²) in [4.78, 5) is 28.5. The molecular formula is C22H21N5O3. The molecule has 30 heavy (non-hydrogen) atoms. The number of para-hydroxylation sites is 1. The largest absolute Gasteiger partial charge is 0.493 e. The molecule has 8 heteroatoms. The van der Waals surface area contributed by atoms with E-state index in [1.54, 1.807) is 26.4 Å². The first-order valence-corrected chi connectivity index (χ1v) is 9.33. The predicted octanol–water partition coefficient (Wildman–Crippen LogP) is 3.76. The van der Waals surface area contributed by atoms with Gasteiger partial charge in [0.2, 0.25) is 11.9 Å². The maximum atomic E-state index is 12.3. The van der Waals surface area contributed by atoms with E-state index in [4.69, 9.17) is 9.47 Å². The van der Waals surface area contributed by atoms with Gasteiger partial charge in [0, 0.05) is 17.0 Å². The summed E-state index contributed by atoms with van der Waals surface area (Å²) < 4.78 is 10.6. The van der Waals surface area contributed by atoms with Crippen LogP contribution in [0.2, 0.25) is 0 Å². The Morgan fingerprint density at radius 3 is 2.50 bits per heavy atom. The number of hydrogen-bond acceptors (Lipinski definition) is 7. The van der Waals surface area contributed by atoms with Crippen molar-refractivity contribution in [2.75, 3.05) is 19.5 Å². The Labute approximate surface area is 173 Å². The summed E-state index contributed by atoms with van der Waals surface area (Å²) in [5.41, 5.74) is 3.63. The maximum Gasteiger partial charge on any atom is 0.252 e. The van der Waals surface area contributed by atoms with Crippen molar-refractivity contribution in [3.8, 4) is 22.8 Å². The number of anilines is 2. The molecule has 2 heterocycles. The van der Waals surface area contributed by atoms with Gasteiger partial charge in [-0.05, 0) is 37.6 Å². The zero-order valence-corrected chi connectivity index (χ0v) is 17.1. The van der Waals surface area contributed by atoms with Gasteiger partial charge >= 0.3 is 0 Å². The highest BCUT2D eigenvalue weighted by Crippen LogP contribution is 2.31. The Morgan fingerprint density at radius 1 is 0.933 bits per heavy atom. The molecule has 2 aromatic carbocycles. The van der Waals surface area contributed by atoms with Gasteiger partial charge in [0.1, 0.15) is 0 Å². The summed E-state index contributed by atoms with van der Waals surface area (Å²) in [6.07, 6.45) is 0. The predicted molar refractivity (Wildman–Crippen MR) is 116 cm³/mol. The molecule has 0 amide bonds. The van der Waals surface area contributed by atoms with E-state index in [0.29, 0.717) is 28.7 Å². The average molecular weight is 403 g/mol. The van der Waals surface area contributed by atoms with E-state index in [1.165, 1.54) is 6.07 Å². The van der Waals surface area contributed by atoms with E-state index < -0.39 is 0 Å². The van der Waals surface area contributed by atoms with Crippen molar-refractivity contribution in [3.63, 3.8) is 0 Å². The fraction of sp³-hybridized carbons (Fsp3) is 0.182. The van der Waals surface area contributed by atoms with E-state index in [9.17, 15) is 4.79 Å². The molecule has 152 valence electrons. The lowest BCUT2D eigenvalue weighted by Gasteiger charge is -2.11. The number of rotatable bonds is 5. The molecule has 2 aromatic heterocycles. The van der Waals surface area contributed by atoms with Crippen LogP contribution in [0.3, 0.4) is 0 Å². The highest BCUT2D eigenvalue weighted by Gasteiger charge is 2.11. The van der Waals surface area contributed by atoms with Crippen molar-refractivity contribution in [1.29, 1.82) is 0 Å². The molecule has 0 atom stereocenters. The molecule has 8 nitrogen and oxygen atoms in total. The van der Waals surface area contributed by atoms with E-state index >= 15 is 0 Å². The lowest BCUT2D eigenvalue weighted by Crippen LogP contribution is -2.12. The number of aromatic nitrogens is 4. The van der Waals surface area contributed by atoms with Gasteiger partial charge in [-0.25, -0.2) is 15.0 Å². The minimum absolute atomic E-state index is 0.250. The second kappa shape index (κ2) is 7.82. The summed E-state index contributed by atoms with van der Waals surface area (Å²) in [6, 6.07) is 12.7. The first-order valence-electron chi connectivity index (χ1n) is 9.33. The third kappa shape index (κ3) is 3.67. The minimum Gasteiger partial charge on any atom is -0.493 e. The smallest absolute Gasteiger partial charge is 0.252 e. The van der Waals surface area contributed by atoms with Crippen LogP contribution in [-0.2, 0) is 0 Å². The Morgan fingerprint density at radius 2 is 1.73 bits per heavy atom. The van der Waals surface area contributed by atoms with Crippen molar-refractivity contribution in [1.82, 2.24) is 19.9 Å². The molecule has 4 rings (SSSR count). The first kappa shape index (κ1) is 19.4. The van der Waals surface area contributed by atoms with E-state index in [2.05, 4.69) is 25.3 Å². The van der Waals surface area contributed by atoms with Crippen molar-refractivity contribution in [3.05, 3.63) is 64.1 Å². The third-order valence-corrected chi connectivity index (χ3v) is 4.77. The van der Waals surface area contributed by atoms with Crippen LogP contribution in [0.5, 0.6) is 11.5 Å². The van der Waals surface area contributed by atoms with Gasteiger partial charge in [-0.2, -0.15) is 0 Å². The van der Waals surface area contributed by atoms with Gasteiger partial charge in [-0.3, -0.25) is 15.1 Å². The highest BCUT2D eigenvalue weighted by molar-refractivity contribution is 5.84. The van der Waals surface area contributed by atoms with Crippen LogP contribution in [0.4, 0.5) is 11.9 Å². The molecule has 0 saturated heterocycles. The second-order valence-electron chi connectivity index (χ2n) is 6.78. The summed E-state index contributed by atoms with van der Waals surface area (Å²) in [6.45, 7) is 3.92. The SMILES string of the molecule is COc1ccc(-c2cc(=O)[nH]c(Nc3nc(C)c4cccc(C)c4n3)n2)cc1OC. The molecule has 0 fully saturated rings. The molecule has 0 aliphatic rings. The molecule has 0 spiro atoms. The van der Waals surface area contributed by atoms with Gasteiger partial charge in [0.15, 0.2) is 11.5 Å². The first-order chi connectivity index (χ1) is 14.5. The topological polar surface area (TPSA) is 102 Å². The normalized spacial score (nSPS) is 10.8. The zero-order chi connectivity index (χ0) is 21.3. The quantitative estimate of drug-likeness (QED) is 0.523. The van der Waals surface area contributed by atoms with Crippen LogP contribution in [0.25, 0.3) is 22.2 Å². The minimum atomic E-state index is -0.300. The molecule has 0 aliphatic heterocycles. The number of hydrogen-bond donors (Lipinski definition) is 2. The Hall–Kier alpha value is -3.94. The van der Waals surface area contributed by atoms with Crippen molar-refractivity contribution >= 4 is 22.8 Å². The molecule has 0 saturated carbocycles. The van der Waals surface area contributed by atoms with Gasteiger partial charge in [0.25, 0.3) is 5.56 Å². The maximum absolute atomic E-state index is 12.3. The van der Waals surface area contributed by atoms with Gasteiger partial charge < -0.3 is 9.47 Å². The summed E-state index contributed by atoms with van der Waals surface area (Å²) in [5.74, 6) is 1.76. The van der Waals surface area contributed by atoms with Gasteiger partial charge in [0.05, 0.1) is 31.1 Å². The summed E-state index contributed by atoms with van der Waals surface area (Å²) >= 11 is 0. The molecule has 0 radical (unpaired) electrons. The van der Waals surface area contributed by atoms with Gasteiger partial charge in [-0.1, -0.05) is 18.2 Å². The highest BCUT2D eigenvalue weighted by atomic mass is 16.5. The summed E-state index contributed by atoms with van der Waals surface area (Å²) in [7, 11) is 3.12. The number of H-pyrrole nitrogens is 1. The molecular weight excluding hydrogens is 382 g/mol. The molecule has 0 aliphatic carbocycles. The van der Waals surface area contributed by atoms with E-state index in [-0.39, 0.29) is 11.5 Å². The average Bonchev–Trinajstić information content (AvgIpc) is 2.73. The second-order valence-corrected chi connectivity index (χ2v) is 6.78. The van der Waals surface area contributed by atoms with Crippen molar-refractivity contribution in [2.45, 2.75) is 13.8 Å². The van der Waals surface area contributed by atoms with E-state index in [1.807, 2.05) is 38.1 Å². The molecule has 4 aromatic rings. The Kier molecular flexibility index (Phi) is 5.05. The number of nitrogens with one attached hydrogen (secondary N) is 2. The van der Waals surface area contributed by atoms with Crippen LogP contribution in [0.1, 0.15) is 11.3 Å². The van der Waals surface area contributed by atoms with Crippen LogP contribution in [-0.4, -0.2) is 34.2 Å². The number of fused-ring (bicyclic) bond motifs is 1. The number of aryl methyl sites for hydroxylation is 2. The third-order valence-electron chi connectivity index (χ3n) is 4.77. The van der Waals surface area contributed by atoms with Gasteiger partial charge in [-0.15, -0.1) is 0 Å². The fourth-order valence-electron chi connectivity index (χ4n) is 3.27. The van der Waals surface area contributed by atoms with Crippen LogP contribution < -0.4 is 20.3 Å². The number of ether oxygens (including phenoxy) is 2. The fourth-order valence-corrected chi connectivity index (χ4v) is 3.27. The molecule has 0 bridgehead atoms. The van der Waals surface area contributed by atoms with Crippen molar-refractivity contribution < 1.29 is 9.47 Å². The number of aromatic amines is 1. The van der Waals surface area contributed by atoms with E-state index in [0.717, 1.165) is 22.2 Å². The molecule has 0 unspecified atom stereocenters. The summed E-state index contributed by atoms with van der Waals surface area (Å²) in [5, 5.41) is 4.01. The number of methoxy groups -OCH3 is 2. The standard InChI is InChI=1S/C22H21N5O3/c1-12-6-5-7-15-13(2)23-21(26-20(12)15)27-22-24-16(11-19(28)25-22)14-8-9-17(29-3)18(10-14)30-4/h5-11H,1-4H3,(H2,23,24,25,26,27,28). The van der Waals surface area contributed by atoms with Crippen LogP contribution in [0, 0.1) is 13.8 Å². The van der Waals surface area contributed by atoms with Crippen molar-refractivity contribution in [2.24, 2.45) is 0 Å². The van der Waals surface area contributed by atoms with Crippen LogP contribution >= 0.6 is 0 Å². The zero-order valence-electron chi connectivity index (χ0n) is 17.1. The lowest BCUT2D eigenvalue weighted by molar-refractivity contribution is 0.355. The molecule has 2 N–H and O–H groups in total. The van der Waals surface area contributed by atoms with Crippen LogP contribution in [0.15, 0.2) is 47.3 Å². The number of nitrogens with zero attached hydrogens (tertiary/aromatic N) is 3. The lowest BCUT2D eigenvalue weighted by atomic mass is 10.1. The number of benzene rings is 2. The Balaban J connectivity index is 1.74. The Bertz CT molecular complexity index is 1300.